The molecule has 1 aromatic carbocycles. The maximum Gasteiger partial charge on any atom is 0.222 e. The lowest BCUT2D eigenvalue weighted by molar-refractivity contribution is 0.414. The molecule has 3 rings (SSSR count). The van der Waals surface area contributed by atoms with Crippen LogP contribution in [0.1, 0.15) is 29.7 Å². The molecule has 5 nitrogen and oxygen atoms in total. The molecule has 2 aromatic rings. The summed E-state index contributed by atoms with van der Waals surface area (Å²) < 4.78 is 5.19. The van der Waals surface area contributed by atoms with Gasteiger partial charge in [-0.2, -0.15) is 4.98 Å². The first kappa shape index (κ1) is 13.7. The van der Waals surface area contributed by atoms with Gasteiger partial charge in [0.2, 0.25) is 5.95 Å². The van der Waals surface area contributed by atoms with Crippen LogP contribution in [0, 0.1) is 0 Å². The molecule has 1 aromatic heterocycles. The molecule has 21 heavy (non-hydrogen) atoms. The highest BCUT2D eigenvalue weighted by atomic mass is 16.5. The Bertz CT molecular complexity index is 625. The van der Waals surface area contributed by atoms with Crippen LogP contribution in [0.5, 0.6) is 5.75 Å². The molecule has 0 saturated carbocycles. The van der Waals surface area contributed by atoms with Crippen molar-refractivity contribution in [2.24, 2.45) is 0 Å². The zero-order valence-corrected chi connectivity index (χ0v) is 12.2. The lowest BCUT2D eigenvalue weighted by Gasteiger charge is -2.12. The highest BCUT2D eigenvalue weighted by molar-refractivity contribution is 5.51. The number of nitrogen functional groups attached to an aromatic ring is 1. The average Bonchev–Trinajstić information content (AvgIpc) is 2.73. The minimum atomic E-state index is 0.340. The van der Waals surface area contributed by atoms with Gasteiger partial charge >= 0.3 is 0 Å². The Morgan fingerprint density at radius 1 is 1.19 bits per heavy atom. The number of benzene rings is 1. The van der Waals surface area contributed by atoms with Crippen LogP contribution in [-0.2, 0) is 12.8 Å². The topological polar surface area (TPSA) is 73.1 Å². The molecule has 2 heterocycles. The van der Waals surface area contributed by atoms with E-state index >= 15 is 0 Å². The fourth-order valence-electron chi connectivity index (χ4n) is 2.67. The van der Waals surface area contributed by atoms with Crippen LogP contribution in [0.15, 0.2) is 24.3 Å². The van der Waals surface area contributed by atoms with Crippen molar-refractivity contribution in [3.05, 3.63) is 41.1 Å². The SMILES string of the molecule is COc1ccc(Cc2nc(N)nc3c2CCCCN3)cc1. The first-order valence-electron chi connectivity index (χ1n) is 7.28. The lowest BCUT2D eigenvalue weighted by Crippen LogP contribution is -2.10. The highest BCUT2D eigenvalue weighted by Gasteiger charge is 2.16. The summed E-state index contributed by atoms with van der Waals surface area (Å²) in [5, 5.41) is 3.36. The van der Waals surface area contributed by atoms with Gasteiger partial charge in [-0.15, -0.1) is 0 Å². The number of nitrogens with zero attached hydrogens (tertiary/aromatic N) is 2. The summed E-state index contributed by atoms with van der Waals surface area (Å²) >= 11 is 0. The van der Waals surface area contributed by atoms with Gasteiger partial charge in [0.15, 0.2) is 0 Å². The first-order chi connectivity index (χ1) is 10.3. The van der Waals surface area contributed by atoms with E-state index in [1.54, 1.807) is 7.11 Å². The summed E-state index contributed by atoms with van der Waals surface area (Å²) in [4.78, 5) is 8.80. The molecule has 0 atom stereocenters. The molecule has 0 fully saturated rings. The number of methoxy groups -OCH3 is 1. The summed E-state index contributed by atoms with van der Waals surface area (Å²) in [6.45, 7) is 0.950. The van der Waals surface area contributed by atoms with Crippen molar-refractivity contribution < 1.29 is 4.74 Å². The van der Waals surface area contributed by atoms with Crippen LogP contribution in [0.25, 0.3) is 0 Å². The van der Waals surface area contributed by atoms with E-state index in [1.165, 1.54) is 11.1 Å². The highest BCUT2D eigenvalue weighted by Crippen LogP contribution is 2.25. The molecule has 0 radical (unpaired) electrons. The number of hydrogen-bond donors (Lipinski definition) is 2. The monoisotopic (exact) mass is 284 g/mol. The number of nitrogens with two attached hydrogens (primary N) is 1. The van der Waals surface area contributed by atoms with E-state index in [4.69, 9.17) is 10.5 Å². The normalized spacial score (nSPS) is 14.0. The van der Waals surface area contributed by atoms with E-state index in [9.17, 15) is 0 Å². The van der Waals surface area contributed by atoms with E-state index in [1.807, 2.05) is 12.1 Å². The van der Waals surface area contributed by atoms with E-state index in [-0.39, 0.29) is 0 Å². The number of hydrogen-bond acceptors (Lipinski definition) is 5. The fraction of sp³-hybridized carbons (Fsp3) is 0.375. The van der Waals surface area contributed by atoms with Crippen LogP contribution in [-0.4, -0.2) is 23.6 Å². The zero-order valence-electron chi connectivity index (χ0n) is 12.2. The van der Waals surface area contributed by atoms with Gasteiger partial charge in [-0.25, -0.2) is 4.98 Å². The number of fused-ring (bicyclic) bond motifs is 1. The maximum absolute atomic E-state index is 5.85. The Labute approximate surface area is 124 Å². The molecule has 5 heteroatoms. The van der Waals surface area contributed by atoms with Crippen molar-refractivity contribution in [2.45, 2.75) is 25.7 Å². The lowest BCUT2D eigenvalue weighted by atomic mass is 10.0. The number of aromatic nitrogens is 2. The van der Waals surface area contributed by atoms with Crippen molar-refractivity contribution in [1.82, 2.24) is 9.97 Å². The maximum atomic E-state index is 5.85. The van der Waals surface area contributed by atoms with Gasteiger partial charge in [-0.3, -0.25) is 0 Å². The molecule has 1 aliphatic rings. The van der Waals surface area contributed by atoms with Crippen molar-refractivity contribution in [3.63, 3.8) is 0 Å². The van der Waals surface area contributed by atoms with Crippen LogP contribution in [0.3, 0.4) is 0 Å². The smallest absolute Gasteiger partial charge is 0.222 e. The molecule has 0 spiro atoms. The molecule has 0 aliphatic carbocycles. The Hall–Kier alpha value is -2.30. The molecule has 0 unspecified atom stereocenters. The van der Waals surface area contributed by atoms with E-state index in [0.29, 0.717) is 5.95 Å². The van der Waals surface area contributed by atoms with Crippen molar-refractivity contribution in [1.29, 1.82) is 0 Å². The van der Waals surface area contributed by atoms with Crippen LogP contribution < -0.4 is 15.8 Å². The number of anilines is 2. The van der Waals surface area contributed by atoms with Gasteiger partial charge < -0.3 is 15.8 Å². The van der Waals surface area contributed by atoms with Gasteiger partial charge in [0.1, 0.15) is 11.6 Å². The van der Waals surface area contributed by atoms with Crippen molar-refractivity contribution in [2.75, 3.05) is 24.7 Å². The van der Waals surface area contributed by atoms with Crippen molar-refractivity contribution in [3.8, 4) is 5.75 Å². The molecule has 110 valence electrons. The molecular formula is C16H20N4O. The largest absolute Gasteiger partial charge is 0.497 e. The van der Waals surface area contributed by atoms with Gasteiger partial charge in [-0.1, -0.05) is 12.1 Å². The third-order valence-electron chi connectivity index (χ3n) is 3.79. The number of ether oxygens (including phenoxy) is 1. The Kier molecular flexibility index (Phi) is 3.90. The van der Waals surface area contributed by atoms with Crippen molar-refractivity contribution >= 4 is 11.8 Å². The fourth-order valence-corrected chi connectivity index (χ4v) is 2.67. The standard InChI is InChI=1S/C16H20N4O/c1-21-12-7-5-11(6-8-12)10-14-13-4-2-3-9-18-15(13)20-16(17)19-14/h5-8H,2-4,9-10H2,1H3,(H3,17,18,19,20). The summed E-state index contributed by atoms with van der Waals surface area (Å²) in [6.07, 6.45) is 4.08. The van der Waals surface area contributed by atoms with E-state index in [2.05, 4.69) is 27.4 Å². The number of nitrogens with one attached hydrogen (secondary N) is 1. The van der Waals surface area contributed by atoms with Gasteiger partial charge in [0.05, 0.1) is 12.8 Å². The Balaban J connectivity index is 1.91. The predicted molar refractivity (Wildman–Crippen MR) is 83.7 cm³/mol. The predicted octanol–water partition coefficient (Wildman–Crippen LogP) is 2.41. The quantitative estimate of drug-likeness (QED) is 0.905. The summed E-state index contributed by atoms with van der Waals surface area (Å²) in [5.41, 5.74) is 9.28. The van der Waals surface area contributed by atoms with Crippen LogP contribution >= 0.6 is 0 Å². The zero-order chi connectivity index (χ0) is 14.7. The Morgan fingerprint density at radius 3 is 2.76 bits per heavy atom. The number of rotatable bonds is 3. The van der Waals surface area contributed by atoms with E-state index < -0.39 is 0 Å². The summed E-state index contributed by atoms with van der Waals surface area (Å²) in [6, 6.07) is 8.06. The molecule has 0 saturated heterocycles. The second kappa shape index (κ2) is 5.99. The van der Waals surface area contributed by atoms with Crippen LogP contribution in [0.2, 0.25) is 0 Å². The van der Waals surface area contributed by atoms with Gasteiger partial charge in [0, 0.05) is 18.5 Å². The third kappa shape index (κ3) is 3.07. The second-order valence-electron chi connectivity index (χ2n) is 5.26. The minimum absolute atomic E-state index is 0.340. The summed E-state index contributed by atoms with van der Waals surface area (Å²) in [7, 11) is 1.67. The third-order valence-corrected chi connectivity index (χ3v) is 3.79. The molecule has 0 amide bonds. The van der Waals surface area contributed by atoms with Gasteiger partial charge in [-0.05, 0) is 37.0 Å². The molecular weight excluding hydrogens is 264 g/mol. The average molecular weight is 284 g/mol. The first-order valence-corrected chi connectivity index (χ1v) is 7.28. The summed E-state index contributed by atoms with van der Waals surface area (Å²) in [5.74, 6) is 2.11. The van der Waals surface area contributed by atoms with Gasteiger partial charge in [0.25, 0.3) is 0 Å². The second-order valence-corrected chi connectivity index (χ2v) is 5.26. The molecule has 3 N–H and O–H groups in total. The minimum Gasteiger partial charge on any atom is -0.497 e. The van der Waals surface area contributed by atoms with E-state index in [0.717, 1.165) is 49.5 Å². The molecule has 0 bridgehead atoms. The van der Waals surface area contributed by atoms with Crippen LogP contribution in [0.4, 0.5) is 11.8 Å². The molecule has 1 aliphatic heterocycles. The Morgan fingerprint density at radius 2 is 2.00 bits per heavy atom.